The van der Waals surface area contributed by atoms with E-state index in [2.05, 4.69) is 27.2 Å². The number of nitrogens with two attached hydrogens (primary N) is 2. The van der Waals surface area contributed by atoms with Gasteiger partial charge in [-0.1, -0.05) is 5.57 Å². The van der Waals surface area contributed by atoms with Gasteiger partial charge in [-0.05, 0) is 50.6 Å². The highest BCUT2D eigenvalue weighted by Crippen LogP contribution is 2.35. The van der Waals surface area contributed by atoms with Crippen LogP contribution in [0.15, 0.2) is 54.9 Å². The molecule has 2 atom stereocenters. The number of hydrogen-bond acceptors (Lipinski definition) is 6. The highest BCUT2D eigenvalue weighted by atomic mass is 19.1. The quantitative estimate of drug-likeness (QED) is 0.422. The van der Waals surface area contributed by atoms with Crippen molar-refractivity contribution in [2.45, 2.75) is 32.4 Å². The molecule has 6 N–H and O–H groups in total. The number of carbonyl (C=O) groups is 1. The number of nitrogens with one attached hydrogen (secondary N) is 2. The smallest absolute Gasteiger partial charge is 0.252 e. The molecule has 8 heteroatoms. The Balaban J connectivity index is 2.15. The summed E-state index contributed by atoms with van der Waals surface area (Å²) in [4.78, 5) is 20.3. The molecular formula is C22H25FN6O. The van der Waals surface area contributed by atoms with Crippen LogP contribution in [-0.2, 0) is 0 Å². The van der Waals surface area contributed by atoms with Gasteiger partial charge >= 0.3 is 0 Å². The molecule has 0 spiro atoms. The Morgan fingerprint density at radius 3 is 2.67 bits per heavy atom. The zero-order valence-corrected chi connectivity index (χ0v) is 16.9. The number of fused-ring (bicyclic) bond motifs is 1. The number of amides is 1. The number of halogens is 1. The molecule has 0 radical (unpaired) electrons. The van der Waals surface area contributed by atoms with Gasteiger partial charge < -0.3 is 22.1 Å². The van der Waals surface area contributed by atoms with Crippen LogP contribution in [0.4, 0.5) is 21.6 Å². The summed E-state index contributed by atoms with van der Waals surface area (Å²) in [6.45, 7) is 7.74. The molecule has 0 saturated heterocycles. The first-order valence-electron chi connectivity index (χ1n) is 9.53. The summed E-state index contributed by atoms with van der Waals surface area (Å²) < 4.78 is 14.8. The van der Waals surface area contributed by atoms with Gasteiger partial charge in [0, 0.05) is 24.5 Å². The Hall–Kier alpha value is -3.52. The van der Waals surface area contributed by atoms with E-state index in [1.165, 1.54) is 18.5 Å². The van der Waals surface area contributed by atoms with Crippen LogP contribution in [0.25, 0.3) is 10.9 Å². The van der Waals surface area contributed by atoms with Crippen LogP contribution in [0.5, 0.6) is 0 Å². The van der Waals surface area contributed by atoms with Crippen molar-refractivity contribution in [2.75, 3.05) is 10.6 Å². The van der Waals surface area contributed by atoms with Crippen LogP contribution >= 0.6 is 0 Å². The Morgan fingerprint density at radius 1 is 1.23 bits per heavy atom. The fraction of sp³-hybridized carbons (Fsp3) is 0.227. The monoisotopic (exact) mass is 408 g/mol. The molecular weight excluding hydrogens is 383 g/mol. The second kappa shape index (κ2) is 8.87. The van der Waals surface area contributed by atoms with Gasteiger partial charge in [0.05, 0.1) is 27.8 Å². The molecule has 1 aromatic carbocycles. The third-order valence-electron chi connectivity index (χ3n) is 4.72. The molecule has 0 aliphatic rings. The van der Waals surface area contributed by atoms with Gasteiger partial charge in [-0.15, -0.1) is 6.58 Å². The standard InChI is InChI=1S/C22H25FN6O/c1-12(2)11-18(13(3)24)28-20-17(7-6-16-19(20)15(23)8-10-26-16)29-22-14(21(25)30)5-4-9-27-22/h4-10,13,18,28H,1,11,24H2,2-3H3,(H2,25,30)(H,27,29)/t13-,18+/m0/s1. The molecule has 30 heavy (non-hydrogen) atoms. The minimum atomic E-state index is -0.621. The molecule has 2 aromatic heterocycles. The molecule has 2 heterocycles. The number of anilines is 3. The van der Waals surface area contributed by atoms with Crippen LogP contribution in [0, 0.1) is 5.82 Å². The van der Waals surface area contributed by atoms with Crippen molar-refractivity contribution in [1.82, 2.24) is 9.97 Å². The van der Waals surface area contributed by atoms with Crippen molar-refractivity contribution >= 4 is 34.0 Å². The van der Waals surface area contributed by atoms with Crippen molar-refractivity contribution in [3.05, 3.63) is 66.3 Å². The number of nitrogens with zero attached hydrogens (tertiary/aromatic N) is 2. The molecule has 7 nitrogen and oxygen atoms in total. The van der Waals surface area contributed by atoms with E-state index in [9.17, 15) is 9.18 Å². The fourth-order valence-electron chi connectivity index (χ4n) is 3.22. The van der Waals surface area contributed by atoms with Gasteiger partial charge in [-0.3, -0.25) is 9.78 Å². The summed E-state index contributed by atoms with van der Waals surface area (Å²) in [7, 11) is 0. The maximum atomic E-state index is 14.8. The minimum absolute atomic E-state index is 0.201. The first kappa shape index (κ1) is 21.2. The summed E-state index contributed by atoms with van der Waals surface area (Å²) in [6.07, 6.45) is 3.55. The molecule has 156 valence electrons. The molecule has 0 aliphatic carbocycles. The number of aromatic nitrogens is 2. The molecule has 1 amide bonds. The second-order valence-electron chi connectivity index (χ2n) is 7.34. The van der Waals surface area contributed by atoms with Crippen molar-refractivity contribution in [1.29, 1.82) is 0 Å². The molecule has 0 bridgehead atoms. The topological polar surface area (TPSA) is 119 Å². The number of primary amides is 1. The molecule has 0 aliphatic heterocycles. The molecule has 3 rings (SSSR count). The predicted octanol–water partition coefficient (Wildman–Crippen LogP) is 3.71. The average molecular weight is 408 g/mol. The SMILES string of the molecule is C=C(C)C[C@@H](Nc1c(Nc2ncccc2C(N)=O)ccc2nccc(F)c12)[C@H](C)N. The number of rotatable bonds is 8. The first-order valence-corrected chi connectivity index (χ1v) is 9.53. The Bertz CT molecular complexity index is 1100. The summed E-state index contributed by atoms with van der Waals surface area (Å²) >= 11 is 0. The van der Waals surface area contributed by atoms with Crippen molar-refractivity contribution in [3.8, 4) is 0 Å². The van der Waals surface area contributed by atoms with E-state index in [0.29, 0.717) is 28.7 Å². The van der Waals surface area contributed by atoms with Crippen LogP contribution in [0.2, 0.25) is 0 Å². The highest BCUT2D eigenvalue weighted by molar-refractivity contribution is 6.02. The third kappa shape index (κ3) is 4.55. The van der Waals surface area contributed by atoms with Gasteiger partial charge in [0.15, 0.2) is 0 Å². The van der Waals surface area contributed by atoms with Crippen LogP contribution in [0.1, 0.15) is 30.6 Å². The lowest BCUT2D eigenvalue weighted by Crippen LogP contribution is -2.38. The Morgan fingerprint density at radius 2 is 2.00 bits per heavy atom. The molecule has 0 fully saturated rings. The van der Waals surface area contributed by atoms with Crippen molar-refractivity contribution in [3.63, 3.8) is 0 Å². The number of benzene rings is 1. The van der Waals surface area contributed by atoms with E-state index in [0.717, 1.165) is 5.57 Å². The zero-order chi connectivity index (χ0) is 21.8. The number of pyridine rings is 2. The highest BCUT2D eigenvalue weighted by Gasteiger charge is 2.20. The normalized spacial score (nSPS) is 12.9. The summed E-state index contributed by atoms with van der Waals surface area (Å²) in [6, 6.07) is 7.49. The van der Waals surface area contributed by atoms with Crippen LogP contribution in [-0.4, -0.2) is 28.0 Å². The molecule has 0 saturated carbocycles. The van der Waals surface area contributed by atoms with Gasteiger partial charge in [0.1, 0.15) is 11.6 Å². The average Bonchev–Trinajstić information content (AvgIpc) is 2.69. The fourth-order valence-corrected chi connectivity index (χ4v) is 3.22. The van der Waals surface area contributed by atoms with Gasteiger partial charge in [0.2, 0.25) is 0 Å². The van der Waals surface area contributed by atoms with Gasteiger partial charge in [-0.25, -0.2) is 9.37 Å². The number of hydrogen-bond donors (Lipinski definition) is 4. The number of carbonyl (C=O) groups excluding carboxylic acids is 1. The van der Waals surface area contributed by atoms with Gasteiger partial charge in [0.25, 0.3) is 5.91 Å². The van der Waals surface area contributed by atoms with E-state index in [1.807, 2.05) is 13.8 Å². The van der Waals surface area contributed by atoms with E-state index in [-0.39, 0.29) is 23.5 Å². The van der Waals surface area contributed by atoms with E-state index < -0.39 is 11.7 Å². The van der Waals surface area contributed by atoms with E-state index in [4.69, 9.17) is 11.5 Å². The van der Waals surface area contributed by atoms with Crippen molar-refractivity contribution in [2.24, 2.45) is 11.5 Å². The minimum Gasteiger partial charge on any atom is -0.378 e. The first-order chi connectivity index (χ1) is 14.3. The largest absolute Gasteiger partial charge is 0.378 e. The zero-order valence-electron chi connectivity index (χ0n) is 16.9. The van der Waals surface area contributed by atoms with Crippen LogP contribution < -0.4 is 22.1 Å². The maximum Gasteiger partial charge on any atom is 0.252 e. The van der Waals surface area contributed by atoms with Crippen molar-refractivity contribution < 1.29 is 9.18 Å². The van der Waals surface area contributed by atoms with E-state index >= 15 is 0 Å². The Kier molecular flexibility index (Phi) is 6.27. The van der Waals surface area contributed by atoms with Gasteiger partial charge in [-0.2, -0.15) is 0 Å². The summed E-state index contributed by atoms with van der Waals surface area (Å²) in [5.74, 6) is -0.778. The summed E-state index contributed by atoms with van der Waals surface area (Å²) in [5.41, 5.74) is 14.3. The maximum absolute atomic E-state index is 14.8. The lowest BCUT2D eigenvalue weighted by atomic mass is 10.0. The molecule has 3 aromatic rings. The third-order valence-corrected chi connectivity index (χ3v) is 4.72. The lowest BCUT2D eigenvalue weighted by molar-refractivity contribution is 0.100. The summed E-state index contributed by atoms with van der Waals surface area (Å²) in [5, 5.41) is 6.78. The Labute approximate surface area is 174 Å². The van der Waals surface area contributed by atoms with E-state index in [1.54, 1.807) is 24.3 Å². The second-order valence-corrected chi connectivity index (χ2v) is 7.34. The lowest BCUT2D eigenvalue weighted by Gasteiger charge is -2.26. The molecule has 0 unspecified atom stereocenters. The van der Waals surface area contributed by atoms with Crippen LogP contribution in [0.3, 0.4) is 0 Å². The predicted molar refractivity (Wildman–Crippen MR) is 118 cm³/mol.